The highest BCUT2D eigenvalue weighted by Gasteiger charge is 2.22. The van der Waals surface area contributed by atoms with Crippen LogP contribution in [0.4, 0.5) is 0 Å². The molecule has 0 heterocycles. The van der Waals surface area contributed by atoms with Crippen LogP contribution in [0.25, 0.3) is 0 Å². The van der Waals surface area contributed by atoms with Gasteiger partial charge in [-0.1, -0.05) is 40.0 Å². The van der Waals surface area contributed by atoms with Gasteiger partial charge in [0.15, 0.2) is 0 Å². The summed E-state index contributed by atoms with van der Waals surface area (Å²) in [6, 6.07) is 2.24. The fraction of sp³-hybridized carbons (Fsp3) is 0.846. The van der Waals surface area contributed by atoms with E-state index in [4.69, 9.17) is 5.26 Å². The average molecular weight is 224 g/mol. The van der Waals surface area contributed by atoms with Crippen LogP contribution in [0.5, 0.6) is 0 Å². The summed E-state index contributed by atoms with van der Waals surface area (Å²) in [5, 5.41) is 11.8. The predicted octanol–water partition coefficient (Wildman–Crippen LogP) is 2.87. The molecule has 0 fully saturated rings. The van der Waals surface area contributed by atoms with Crippen LogP contribution in [0.15, 0.2) is 0 Å². The second-order valence-electron chi connectivity index (χ2n) is 4.76. The van der Waals surface area contributed by atoms with Crippen LogP contribution in [0.2, 0.25) is 0 Å². The lowest BCUT2D eigenvalue weighted by molar-refractivity contribution is -0.125. The molecule has 0 saturated carbocycles. The number of carbonyl (C=O) groups excluding carboxylic acids is 1. The second-order valence-corrected chi connectivity index (χ2v) is 4.76. The molecule has 0 aromatic heterocycles. The lowest BCUT2D eigenvalue weighted by Gasteiger charge is -2.18. The molecular weight excluding hydrogens is 200 g/mol. The van der Waals surface area contributed by atoms with Crippen molar-refractivity contribution < 1.29 is 4.79 Å². The van der Waals surface area contributed by atoms with Crippen molar-refractivity contribution in [3.8, 4) is 6.07 Å². The molecule has 0 aliphatic carbocycles. The van der Waals surface area contributed by atoms with E-state index in [1.807, 2.05) is 20.8 Å². The molecule has 92 valence electrons. The fourth-order valence-corrected chi connectivity index (χ4v) is 1.62. The number of nitriles is 1. The Bertz CT molecular complexity index is 243. The molecule has 0 aromatic carbocycles. The first-order chi connectivity index (χ1) is 7.52. The number of amides is 1. The standard InChI is InChI=1S/C13H24N2O/c1-5-6-7-8-11(4)15-13(16)12(9-14)10(2)3/h10-12H,5-8H2,1-4H3,(H,15,16). The highest BCUT2D eigenvalue weighted by atomic mass is 16.1. The van der Waals surface area contributed by atoms with Crippen molar-refractivity contribution in [1.29, 1.82) is 5.26 Å². The molecule has 0 aliphatic heterocycles. The maximum Gasteiger partial charge on any atom is 0.237 e. The van der Waals surface area contributed by atoms with E-state index in [1.165, 1.54) is 12.8 Å². The number of carbonyl (C=O) groups is 1. The first-order valence-corrected chi connectivity index (χ1v) is 6.22. The van der Waals surface area contributed by atoms with Crippen LogP contribution in [-0.4, -0.2) is 11.9 Å². The molecule has 16 heavy (non-hydrogen) atoms. The topological polar surface area (TPSA) is 52.9 Å². The van der Waals surface area contributed by atoms with Crippen molar-refractivity contribution in [3.63, 3.8) is 0 Å². The van der Waals surface area contributed by atoms with Gasteiger partial charge in [-0.25, -0.2) is 0 Å². The zero-order chi connectivity index (χ0) is 12.6. The van der Waals surface area contributed by atoms with Crippen LogP contribution in [-0.2, 0) is 4.79 Å². The smallest absolute Gasteiger partial charge is 0.237 e. The van der Waals surface area contributed by atoms with Gasteiger partial charge in [0.1, 0.15) is 5.92 Å². The van der Waals surface area contributed by atoms with E-state index in [2.05, 4.69) is 18.3 Å². The molecule has 3 heteroatoms. The third-order valence-electron chi connectivity index (χ3n) is 2.72. The maximum atomic E-state index is 11.7. The van der Waals surface area contributed by atoms with E-state index < -0.39 is 5.92 Å². The summed E-state index contributed by atoms with van der Waals surface area (Å²) in [4.78, 5) is 11.7. The van der Waals surface area contributed by atoms with Gasteiger partial charge in [0.05, 0.1) is 6.07 Å². The first kappa shape index (κ1) is 15.0. The highest BCUT2D eigenvalue weighted by Crippen LogP contribution is 2.11. The SMILES string of the molecule is CCCCCC(C)NC(=O)C(C#N)C(C)C. The highest BCUT2D eigenvalue weighted by molar-refractivity contribution is 5.81. The summed E-state index contributed by atoms with van der Waals surface area (Å²) in [5.74, 6) is -0.567. The number of nitrogens with one attached hydrogen (secondary N) is 1. The molecule has 2 atom stereocenters. The molecule has 2 unspecified atom stereocenters. The molecule has 1 amide bonds. The third kappa shape index (κ3) is 5.75. The van der Waals surface area contributed by atoms with Gasteiger partial charge < -0.3 is 5.32 Å². The minimum Gasteiger partial charge on any atom is -0.353 e. The Morgan fingerprint density at radius 2 is 1.94 bits per heavy atom. The first-order valence-electron chi connectivity index (χ1n) is 6.22. The van der Waals surface area contributed by atoms with Crippen LogP contribution in [0.3, 0.4) is 0 Å². The van der Waals surface area contributed by atoms with Crippen molar-refractivity contribution in [3.05, 3.63) is 0 Å². The van der Waals surface area contributed by atoms with Crippen molar-refractivity contribution in [2.24, 2.45) is 11.8 Å². The summed E-state index contributed by atoms with van der Waals surface area (Å²) >= 11 is 0. The Balaban J connectivity index is 3.98. The lowest BCUT2D eigenvalue weighted by atomic mass is 9.96. The Kier molecular flexibility index (Phi) is 7.62. The predicted molar refractivity (Wildman–Crippen MR) is 65.7 cm³/mol. The third-order valence-corrected chi connectivity index (χ3v) is 2.72. The minimum atomic E-state index is -0.520. The Morgan fingerprint density at radius 3 is 2.38 bits per heavy atom. The van der Waals surface area contributed by atoms with Crippen LogP contribution in [0, 0.1) is 23.2 Å². The van der Waals surface area contributed by atoms with E-state index >= 15 is 0 Å². The number of nitrogens with zero attached hydrogens (tertiary/aromatic N) is 1. The molecule has 0 aromatic rings. The fourth-order valence-electron chi connectivity index (χ4n) is 1.62. The van der Waals surface area contributed by atoms with Crippen molar-refractivity contribution in [2.45, 2.75) is 59.4 Å². The van der Waals surface area contributed by atoms with E-state index in [9.17, 15) is 4.79 Å². The van der Waals surface area contributed by atoms with Crippen LogP contribution < -0.4 is 5.32 Å². The molecule has 3 nitrogen and oxygen atoms in total. The van der Waals surface area contributed by atoms with Gasteiger partial charge >= 0.3 is 0 Å². The van der Waals surface area contributed by atoms with Gasteiger partial charge in [0, 0.05) is 6.04 Å². The molecule has 0 aliphatic rings. The summed E-state index contributed by atoms with van der Waals surface area (Å²) in [6.07, 6.45) is 4.52. The van der Waals surface area contributed by atoms with Gasteiger partial charge in [-0.05, 0) is 19.3 Å². The molecule has 0 rings (SSSR count). The molecule has 0 saturated heterocycles. The number of hydrogen-bond donors (Lipinski definition) is 1. The quantitative estimate of drug-likeness (QED) is 0.676. The Morgan fingerprint density at radius 1 is 1.31 bits per heavy atom. The van der Waals surface area contributed by atoms with Crippen molar-refractivity contribution >= 4 is 5.91 Å². The molecule has 1 N–H and O–H groups in total. The molecular formula is C13H24N2O. The van der Waals surface area contributed by atoms with Crippen molar-refractivity contribution in [1.82, 2.24) is 5.32 Å². The lowest BCUT2D eigenvalue weighted by Crippen LogP contribution is -2.38. The zero-order valence-corrected chi connectivity index (χ0v) is 10.9. The van der Waals surface area contributed by atoms with Crippen LogP contribution >= 0.6 is 0 Å². The summed E-state index contributed by atoms with van der Waals surface area (Å²) < 4.78 is 0. The summed E-state index contributed by atoms with van der Waals surface area (Å²) in [7, 11) is 0. The summed E-state index contributed by atoms with van der Waals surface area (Å²) in [6.45, 7) is 7.96. The average Bonchev–Trinajstić information content (AvgIpc) is 2.18. The van der Waals surface area contributed by atoms with Gasteiger partial charge in [-0.3, -0.25) is 4.79 Å². The van der Waals surface area contributed by atoms with Crippen LogP contribution in [0.1, 0.15) is 53.4 Å². The van der Waals surface area contributed by atoms with Gasteiger partial charge in [-0.2, -0.15) is 5.26 Å². The minimum absolute atomic E-state index is 0.0767. The van der Waals surface area contributed by atoms with Gasteiger partial charge in [0.25, 0.3) is 0 Å². The van der Waals surface area contributed by atoms with E-state index in [0.717, 1.165) is 12.8 Å². The molecule has 0 bridgehead atoms. The second kappa shape index (κ2) is 8.15. The Labute approximate surface area is 99.2 Å². The molecule has 0 spiro atoms. The largest absolute Gasteiger partial charge is 0.353 e. The van der Waals surface area contributed by atoms with E-state index in [0.29, 0.717) is 0 Å². The normalized spacial score (nSPS) is 14.2. The number of rotatable bonds is 7. The number of hydrogen-bond acceptors (Lipinski definition) is 2. The zero-order valence-electron chi connectivity index (χ0n) is 10.9. The van der Waals surface area contributed by atoms with E-state index in [1.54, 1.807) is 0 Å². The summed E-state index contributed by atoms with van der Waals surface area (Å²) in [5.41, 5.74) is 0. The maximum absolute atomic E-state index is 11.7. The van der Waals surface area contributed by atoms with Gasteiger partial charge in [0.2, 0.25) is 5.91 Å². The monoisotopic (exact) mass is 224 g/mol. The van der Waals surface area contributed by atoms with Gasteiger partial charge in [-0.15, -0.1) is 0 Å². The number of unbranched alkanes of at least 4 members (excludes halogenated alkanes) is 2. The molecule has 0 radical (unpaired) electrons. The Hall–Kier alpha value is -1.04. The van der Waals surface area contributed by atoms with Crippen molar-refractivity contribution in [2.75, 3.05) is 0 Å². The van der Waals surface area contributed by atoms with E-state index in [-0.39, 0.29) is 17.9 Å².